The number of anilines is 3. The first-order valence-electron chi connectivity index (χ1n) is 12.3. The normalized spacial score (nSPS) is 15.8. The van der Waals surface area contributed by atoms with E-state index in [1.807, 2.05) is 12.1 Å². The number of aromatic hydroxyl groups is 1. The number of Topliss-reactive ketones (excluding diaryl/α,β-unsaturated/α-hetero) is 1. The molecule has 40 heavy (non-hydrogen) atoms. The number of nitrogens with zero attached hydrogens (tertiary/aromatic N) is 4. The van der Waals surface area contributed by atoms with Gasteiger partial charge in [0.15, 0.2) is 15.9 Å². The van der Waals surface area contributed by atoms with E-state index in [9.17, 15) is 14.3 Å². The number of benzene rings is 1. The Balaban J connectivity index is 1.60. The van der Waals surface area contributed by atoms with Crippen molar-refractivity contribution in [1.29, 1.82) is 0 Å². The average molecular weight is 624 g/mol. The quantitative estimate of drug-likeness (QED) is 0.159. The lowest BCUT2D eigenvalue weighted by Gasteiger charge is -2.31. The molecule has 3 aromatic heterocycles. The van der Waals surface area contributed by atoms with Gasteiger partial charge in [-0.2, -0.15) is 0 Å². The van der Waals surface area contributed by atoms with Gasteiger partial charge >= 0.3 is 0 Å². The number of aromatic nitrogens is 3. The maximum Gasteiger partial charge on any atom is 0.203 e. The molecule has 1 atom stereocenters. The number of nitrogens with one attached hydrogen (secondary N) is 1. The number of carbonyl (C=O) groups excluding carboxylic acids is 1. The fourth-order valence-electron chi connectivity index (χ4n) is 4.51. The van der Waals surface area contributed by atoms with Crippen LogP contribution in [0.3, 0.4) is 0 Å². The zero-order valence-electron chi connectivity index (χ0n) is 20.8. The summed E-state index contributed by atoms with van der Waals surface area (Å²) in [7, 11) is 0. The van der Waals surface area contributed by atoms with Crippen LogP contribution in [-0.4, -0.2) is 55.2 Å². The molecule has 208 valence electrons. The molecule has 1 aromatic carbocycles. The second-order valence-corrected chi connectivity index (χ2v) is 11.6. The number of hydrogen-bond acceptors (Lipinski definition) is 8. The topological polar surface area (TPSA) is 117 Å². The van der Waals surface area contributed by atoms with Crippen molar-refractivity contribution >= 4 is 80.4 Å². The van der Waals surface area contributed by atoms with Gasteiger partial charge in [-0.3, -0.25) is 9.78 Å². The van der Waals surface area contributed by atoms with Crippen LogP contribution >= 0.6 is 46.4 Å². The number of rotatable bonds is 7. The lowest BCUT2D eigenvalue weighted by Crippen LogP contribution is -2.43. The third-order valence-electron chi connectivity index (χ3n) is 6.57. The molecule has 4 N–H and O–H groups in total. The van der Waals surface area contributed by atoms with Crippen LogP contribution in [0.4, 0.5) is 21.6 Å². The van der Waals surface area contributed by atoms with Crippen LogP contribution in [-0.2, 0) is 0 Å². The van der Waals surface area contributed by atoms with Crippen molar-refractivity contribution in [2.45, 2.75) is 23.2 Å². The molecule has 5 rings (SSSR count). The van der Waals surface area contributed by atoms with Crippen molar-refractivity contribution in [3.63, 3.8) is 0 Å². The van der Waals surface area contributed by atoms with Crippen LogP contribution in [0.25, 0.3) is 22.3 Å². The molecule has 13 heteroatoms. The molecule has 0 saturated carbocycles. The first-order valence-corrected chi connectivity index (χ1v) is 13.9. The highest BCUT2D eigenvalue weighted by Crippen LogP contribution is 2.37. The van der Waals surface area contributed by atoms with Gasteiger partial charge in [0.2, 0.25) is 5.78 Å². The first-order chi connectivity index (χ1) is 19.1. The molecule has 8 nitrogen and oxygen atoms in total. The van der Waals surface area contributed by atoms with Gasteiger partial charge in [0, 0.05) is 30.9 Å². The number of fused-ring (bicyclic) bond motifs is 1. The van der Waals surface area contributed by atoms with E-state index in [0.29, 0.717) is 29.0 Å². The number of alkyl halides is 3. The Morgan fingerprint density at radius 3 is 2.67 bits per heavy atom. The van der Waals surface area contributed by atoms with Crippen molar-refractivity contribution in [3.05, 3.63) is 65.2 Å². The van der Waals surface area contributed by atoms with Crippen molar-refractivity contribution in [1.82, 2.24) is 15.0 Å². The molecule has 0 spiro atoms. The van der Waals surface area contributed by atoms with E-state index in [-0.39, 0.29) is 33.7 Å². The fourth-order valence-corrected chi connectivity index (χ4v) is 5.04. The number of ketones is 1. The number of halogens is 5. The molecular formula is C27H23Cl4FN6O2. The molecule has 0 bridgehead atoms. The van der Waals surface area contributed by atoms with Crippen molar-refractivity contribution < 1.29 is 14.3 Å². The van der Waals surface area contributed by atoms with Gasteiger partial charge in [-0.05, 0) is 49.2 Å². The van der Waals surface area contributed by atoms with Gasteiger partial charge in [-0.1, -0.05) is 34.8 Å². The average Bonchev–Trinajstić information content (AvgIpc) is 2.95. The minimum Gasteiger partial charge on any atom is -0.504 e. The molecule has 1 saturated heterocycles. The second-order valence-electron chi connectivity index (χ2n) is 9.45. The summed E-state index contributed by atoms with van der Waals surface area (Å²) in [5.74, 6) is -1.82. The smallest absolute Gasteiger partial charge is 0.203 e. The van der Waals surface area contributed by atoms with E-state index in [1.54, 1.807) is 18.3 Å². The first kappa shape index (κ1) is 28.6. The minimum atomic E-state index is -1.92. The molecule has 4 aromatic rings. The van der Waals surface area contributed by atoms with Gasteiger partial charge in [-0.25, -0.2) is 14.4 Å². The van der Waals surface area contributed by atoms with Gasteiger partial charge in [0.25, 0.3) is 0 Å². The largest absolute Gasteiger partial charge is 0.504 e. The fraction of sp³-hybridized carbons (Fsp3) is 0.259. The van der Waals surface area contributed by atoms with E-state index in [1.165, 1.54) is 12.3 Å². The highest BCUT2D eigenvalue weighted by molar-refractivity contribution is 6.62. The monoisotopic (exact) mass is 622 g/mol. The van der Waals surface area contributed by atoms with E-state index in [2.05, 4.69) is 25.2 Å². The predicted molar refractivity (Wildman–Crippen MR) is 158 cm³/mol. The summed E-state index contributed by atoms with van der Waals surface area (Å²) in [5.41, 5.74) is 8.31. The minimum absolute atomic E-state index is 0.0452. The molecule has 1 fully saturated rings. The van der Waals surface area contributed by atoms with Crippen LogP contribution in [0.15, 0.2) is 48.8 Å². The maximum absolute atomic E-state index is 14.2. The summed E-state index contributed by atoms with van der Waals surface area (Å²) in [6.07, 6.45) is 4.94. The van der Waals surface area contributed by atoms with E-state index >= 15 is 0 Å². The van der Waals surface area contributed by atoms with E-state index in [0.717, 1.165) is 31.3 Å². The maximum atomic E-state index is 14.2. The van der Waals surface area contributed by atoms with Crippen LogP contribution < -0.4 is 16.0 Å². The number of phenols is 1. The third kappa shape index (κ3) is 5.75. The standard InChI is InChI=1S/C27H23Cl4FN6O2/c28-13-27(30,31)26(40)17-11-34-21-5-4-20(14-8-18(29)25(39)19(32)9-14)37-24(21)23(17)36-16-3-6-22(35-10-16)38-7-1-2-15(33)12-38/h3-6,8-11,15,39H,1-2,7,12-13,33H2,(H,34,36)/t15-/m1/s1. The summed E-state index contributed by atoms with van der Waals surface area (Å²) in [4.78, 5) is 29.1. The summed E-state index contributed by atoms with van der Waals surface area (Å²) < 4.78 is 12.3. The Morgan fingerprint density at radius 2 is 2.00 bits per heavy atom. The van der Waals surface area contributed by atoms with Crippen molar-refractivity contribution in [3.8, 4) is 17.0 Å². The summed E-state index contributed by atoms with van der Waals surface area (Å²) in [6, 6.07) is 9.54. The molecule has 1 aliphatic heterocycles. The number of pyridine rings is 3. The summed E-state index contributed by atoms with van der Waals surface area (Å²) in [6.45, 7) is 1.58. The van der Waals surface area contributed by atoms with Gasteiger partial charge in [-0.15, -0.1) is 11.6 Å². The van der Waals surface area contributed by atoms with Crippen LogP contribution in [0, 0.1) is 5.82 Å². The molecule has 0 unspecified atom stereocenters. The highest BCUT2D eigenvalue weighted by Gasteiger charge is 2.36. The molecular weight excluding hydrogens is 601 g/mol. The molecule has 1 aliphatic rings. The third-order valence-corrected chi connectivity index (χ3v) is 8.14. The lowest BCUT2D eigenvalue weighted by atomic mass is 10.0. The van der Waals surface area contributed by atoms with E-state index < -0.39 is 21.7 Å². The Kier molecular flexibility index (Phi) is 8.22. The van der Waals surface area contributed by atoms with E-state index in [4.69, 9.17) is 52.1 Å². The zero-order chi connectivity index (χ0) is 28.6. The Bertz CT molecular complexity index is 1560. The summed E-state index contributed by atoms with van der Waals surface area (Å²) in [5, 5.41) is 12.8. The summed E-state index contributed by atoms with van der Waals surface area (Å²) >= 11 is 24.3. The Hall–Kier alpha value is -2.95. The van der Waals surface area contributed by atoms with Crippen LogP contribution in [0.2, 0.25) is 5.02 Å². The van der Waals surface area contributed by atoms with Gasteiger partial charge in [0.1, 0.15) is 11.3 Å². The number of piperidine rings is 1. The number of nitrogens with two attached hydrogens (primary N) is 1. The van der Waals surface area contributed by atoms with Gasteiger partial charge in [0.05, 0.1) is 45.2 Å². The Morgan fingerprint density at radius 1 is 1.20 bits per heavy atom. The molecule has 0 aliphatic carbocycles. The number of carbonyl (C=O) groups is 1. The van der Waals surface area contributed by atoms with Crippen LogP contribution in [0.1, 0.15) is 23.2 Å². The Labute approximate surface area is 249 Å². The highest BCUT2D eigenvalue weighted by atomic mass is 35.5. The lowest BCUT2D eigenvalue weighted by molar-refractivity contribution is 0.0980. The van der Waals surface area contributed by atoms with Gasteiger partial charge < -0.3 is 21.1 Å². The number of hydrogen-bond donors (Lipinski definition) is 3. The predicted octanol–water partition coefficient (Wildman–Crippen LogP) is 6.46. The van der Waals surface area contributed by atoms with Crippen LogP contribution in [0.5, 0.6) is 5.75 Å². The van der Waals surface area contributed by atoms with Crippen molar-refractivity contribution in [2.75, 3.05) is 29.2 Å². The second kappa shape index (κ2) is 11.5. The zero-order valence-corrected chi connectivity index (χ0v) is 23.9. The molecule has 0 amide bonds. The van der Waals surface area contributed by atoms with Crippen molar-refractivity contribution in [2.24, 2.45) is 5.73 Å². The molecule has 4 heterocycles. The number of phenolic OH excluding ortho intramolecular Hbond substituents is 1. The SMILES string of the molecule is N[C@@H]1CCCN(c2ccc(Nc3c(C(=O)C(Cl)(Cl)CCl)cnc4ccc(-c5cc(F)c(O)c(Cl)c5)nc34)cn2)C1. The molecule has 0 radical (unpaired) electrons.